The van der Waals surface area contributed by atoms with Gasteiger partial charge in [-0.05, 0) is 31.9 Å². The topological polar surface area (TPSA) is 61.5 Å². The summed E-state index contributed by atoms with van der Waals surface area (Å²) in [5, 5.41) is 0. The molecular weight excluding hydrogens is 242 g/mol. The maximum absolute atomic E-state index is 12.0. The average Bonchev–Trinajstić information content (AvgIpc) is 2.38. The van der Waals surface area contributed by atoms with E-state index in [4.69, 9.17) is 15.2 Å². The van der Waals surface area contributed by atoms with Crippen molar-refractivity contribution < 1.29 is 14.3 Å². The monoisotopic (exact) mass is 263 g/mol. The fourth-order valence-electron chi connectivity index (χ4n) is 1.80. The number of esters is 1. The Hall–Kier alpha value is -1.97. The molecule has 4 heteroatoms. The molecule has 104 valence electrons. The van der Waals surface area contributed by atoms with Crippen molar-refractivity contribution in [3.8, 4) is 0 Å². The number of hydrogen-bond acceptors (Lipinski definition) is 4. The summed E-state index contributed by atoms with van der Waals surface area (Å²) in [6, 6.07) is 7.44. The van der Waals surface area contributed by atoms with Crippen LogP contribution in [0.3, 0.4) is 0 Å². The Morgan fingerprint density at radius 3 is 2.47 bits per heavy atom. The summed E-state index contributed by atoms with van der Waals surface area (Å²) in [5.41, 5.74) is 7.44. The minimum Gasteiger partial charge on any atom is -0.498 e. The Morgan fingerprint density at radius 2 is 1.89 bits per heavy atom. The highest BCUT2D eigenvalue weighted by Gasteiger charge is 2.25. The van der Waals surface area contributed by atoms with Crippen LogP contribution in [0.25, 0.3) is 0 Å². The summed E-state index contributed by atoms with van der Waals surface area (Å²) >= 11 is 0. The molecule has 19 heavy (non-hydrogen) atoms. The lowest BCUT2D eigenvalue weighted by Gasteiger charge is -2.19. The lowest BCUT2D eigenvalue weighted by atomic mass is 9.97. The predicted octanol–water partition coefficient (Wildman–Crippen LogP) is 2.54. The molecule has 0 heterocycles. The van der Waals surface area contributed by atoms with Crippen molar-refractivity contribution in [1.29, 1.82) is 0 Å². The van der Waals surface area contributed by atoms with Crippen molar-refractivity contribution in [2.24, 2.45) is 5.92 Å². The van der Waals surface area contributed by atoms with E-state index in [1.807, 2.05) is 25.1 Å². The van der Waals surface area contributed by atoms with Gasteiger partial charge in [0, 0.05) is 5.69 Å². The van der Waals surface area contributed by atoms with E-state index in [2.05, 4.69) is 6.58 Å². The molecule has 4 nitrogen and oxygen atoms in total. The predicted molar refractivity (Wildman–Crippen MR) is 75.4 cm³/mol. The maximum Gasteiger partial charge on any atom is 0.316 e. The van der Waals surface area contributed by atoms with Gasteiger partial charge in [-0.25, -0.2) is 0 Å². The first-order valence-corrected chi connectivity index (χ1v) is 6.41. The second-order valence-corrected chi connectivity index (χ2v) is 4.11. The average molecular weight is 263 g/mol. The molecule has 0 fully saturated rings. The van der Waals surface area contributed by atoms with Gasteiger partial charge in [0.25, 0.3) is 0 Å². The van der Waals surface area contributed by atoms with E-state index in [9.17, 15) is 4.79 Å². The number of rotatable bonds is 7. The number of nitrogen functional groups attached to an aromatic ring is 1. The largest absolute Gasteiger partial charge is 0.498 e. The van der Waals surface area contributed by atoms with Crippen LogP contribution >= 0.6 is 0 Å². The van der Waals surface area contributed by atoms with E-state index in [1.165, 1.54) is 0 Å². The van der Waals surface area contributed by atoms with Crippen molar-refractivity contribution in [3.05, 3.63) is 42.2 Å². The number of ether oxygens (including phenoxy) is 2. The van der Waals surface area contributed by atoms with Gasteiger partial charge in [-0.1, -0.05) is 24.8 Å². The Kier molecular flexibility index (Phi) is 5.93. The van der Waals surface area contributed by atoms with E-state index < -0.39 is 5.92 Å². The number of carbonyl (C=O) groups excluding carboxylic acids is 1. The second kappa shape index (κ2) is 7.46. The molecule has 0 bridgehead atoms. The minimum atomic E-state index is -0.524. The highest BCUT2D eigenvalue weighted by atomic mass is 16.5. The number of nitrogens with two attached hydrogens (primary N) is 1. The molecule has 0 aliphatic heterocycles. The van der Waals surface area contributed by atoms with Crippen molar-refractivity contribution in [2.45, 2.75) is 20.3 Å². The van der Waals surface area contributed by atoms with Crippen molar-refractivity contribution in [2.75, 3.05) is 18.9 Å². The SMILES string of the molecule is C=C(OCC)C(Cc1ccccc1N)C(=O)OCC. The first-order chi connectivity index (χ1) is 9.10. The standard InChI is InChI=1S/C15H21NO3/c1-4-18-11(3)13(15(17)19-5-2)10-12-8-6-7-9-14(12)16/h6-9,13H,3-5,10,16H2,1-2H3. The first kappa shape index (κ1) is 15.1. The number of anilines is 1. The van der Waals surface area contributed by atoms with Gasteiger partial charge in [-0.15, -0.1) is 0 Å². The number of hydrogen-bond donors (Lipinski definition) is 1. The lowest BCUT2D eigenvalue weighted by Crippen LogP contribution is -2.23. The molecule has 0 aliphatic rings. The van der Waals surface area contributed by atoms with Crippen LogP contribution in [0.1, 0.15) is 19.4 Å². The number of carbonyl (C=O) groups is 1. The molecule has 2 N–H and O–H groups in total. The summed E-state index contributed by atoms with van der Waals surface area (Å²) in [6.45, 7) is 8.24. The molecule has 0 amide bonds. The minimum absolute atomic E-state index is 0.329. The van der Waals surface area contributed by atoms with E-state index in [-0.39, 0.29) is 5.97 Å². The third-order valence-corrected chi connectivity index (χ3v) is 2.77. The van der Waals surface area contributed by atoms with Crippen molar-refractivity contribution >= 4 is 11.7 Å². The van der Waals surface area contributed by atoms with Gasteiger partial charge in [0.05, 0.1) is 13.2 Å². The normalized spacial score (nSPS) is 11.7. The zero-order valence-electron chi connectivity index (χ0n) is 11.5. The molecule has 0 aromatic heterocycles. The quantitative estimate of drug-likeness (QED) is 0.466. The van der Waals surface area contributed by atoms with Crippen LogP contribution < -0.4 is 5.73 Å². The zero-order chi connectivity index (χ0) is 14.3. The van der Waals surface area contributed by atoms with Gasteiger partial charge in [0.1, 0.15) is 11.7 Å². The van der Waals surface area contributed by atoms with Crippen LogP contribution in [0.2, 0.25) is 0 Å². The maximum atomic E-state index is 12.0. The van der Waals surface area contributed by atoms with Gasteiger partial charge in [-0.3, -0.25) is 4.79 Å². The van der Waals surface area contributed by atoms with Gasteiger partial charge in [0.2, 0.25) is 0 Å². The second-order valence-electron chi connectivity index (χ2n) is 4.11. The van der Waals surface area contributed by atoms with Gasteiger partial charge < -0.3 is 15.2 Å². The molecule has 1 atom stereocenters. The molecular formula is C15H21NO3. The third-order valence-electron chi connectivity index (χ3n) is 2.77. The molecule has 0 saturated heterocycles. The fourth-order valence-corrected chi connectivity index (χ4v) is 1.80. The highest BCUT2D eigenvalue weighted by Crippen LogP contribution is 2.22. The summed E-state index contributed by atoms with van der Waals surface area (Å²) in [6.07, 6.45) is 0.435. The molecule has 1 aromatic rings. The molecule has 1 unspecified atom stereocenters. The lowest BCUT2D eigenvalue weighted by molar-refractivity contribution is -0.147. The molecule has 0 spiro atoms. The molecule has 1 rings (SSSR count). The number of benzene rings is 1. The van der Waals surface area contributed by atoms with E-state index in [0.717, 1.165) is 5.56 Å². The molecule has 0 saturated carbocycles. The Morgan fingerprint density at radius 1 is 1.26 bits per heavy atom. The smallest absolute Gasteiger partial charge is 0.316 e. The molecule has 0 radical (unpaired) electrons. The fraction of sp³-hybridized carbons (Fsp3) is 0.400. The van der Waals surface area contributed by atoms with Crippen LogP contribution in [0.15, 0.2) is 36.6 Å². The van der Waals surface area contributed by atoms with Gasteiger partial charge in [-0.2, -0.15) is 0 Å². The van der Waals surface area contributed by atoms with E-state index in [1.54, 1.807) is 13.0 Å². The summed E-state index contributed by atoms with van der Waals surface area (Å²) in [7, 11) is 0. The van der Waals surface area contributed by atoms with E-state index >= 15 is 0 Å². The highest BCUT2D eigenvalue weighted by molar-refractivity contribution is 5.76. The van der Waals surface area contributed by atoms with Crippen LogP contribution in [-0.2, 0) is 20.7 Å². The van der Waals surface area contributed by atoms with Gasteiger partial charge >= 0.3 is 5.97 Å². The van der Waals surface area contributed by atoms with Crippen molar-refractivity contribution in [1.82, 2.24) is 0 Å². The summed E-state index contributed by atoms with van der Waals surface area (Å²) < 4.78 is 10.4. The van der Waals surface area contributed by atoms with Crippen LogP contribution in [-0.4, -0.2) is 19.2 Å². The Labute approximate surface area is 114 Å². The van der Waals surface area contributed by atoms with Crippen LogP contribution in [0.4, 0.5) is 5.69 Å². The van der Waals surface area contributed by atoms with Gasteiger partial charge in [0.15, 0.2) is 0 Å². The van der Waals surface area contributed by atoms with E-state index in [0.29, 0.717) is 31.1 Å². The Bertz CT molecular complexity index is 425. The zero-order valence-corrected chi connectivity index (χ0v) is 11.5. The molecule has 1 aromatic carbocycles. The summed E-state index contributed by atoms with van der Waals surface area (Å²) in [4.78, 5) is 12.0. The Balaban J connectivity index is 2.88. The summed E-state index contributed by atoms with van der Waals surface area (Å²) in [5.74, 6) is -0.432. The first-order valence-electron chi connectivity index (χ1n) is 6.41. The van der Waals surface area contributed by atoms with Crippen LogP contribution in [0, 0.1) is 5.92 Å². The third kappa shape index (κ3) is 4.32. The van der Waals surface area contributed by atoms with Crippen molar-refractivity contribution in [3.63, 3.8) is 0 Å². The molecule has 0 aliphatic carbocycles. The van der Waals surface area contributed by atoms with Crippen LogP contribution in [0.5, 0.6) is 0 Å². The number of para-hydroxylation sites is 1.